The molecule has 0 aliphatic heterocycles. The molecule has 6 nitrogen and oxygen atoms in total. The van der Waals surface area contributed by atoms with E-state index in [9.17, 15) is 14.4 Å². The van der Waals surface area contributed by atoms with Crippen molar-refractivity contribution in [2.24, 2.45) is 17.3 Å². The van der Waals surface area contributed by atoms with E-state index < -0.39 is 23.8 Å². The van der Waals surface area contributed by atoms with Crippen LogP contribution in [0.4, 0.5) is 4.79 Å². The highest BCUT2D eigenvalue weighted by molar-refractivity contribution is 5.92. The number of carbonyl (C=O) groups excluding carboxylic acids is 3. The average Bonchev–Trinajstić information content (AvgIpc) is 2.44. The van der Waals surface area contributed by atoms with Gasteiger partial charge in [0.25, 0.3) is 0 Å². The number of rotatable bonds is 8. The van der Waals surface area contributed by atoms with Crippen LogP contribution in [-0.4, -0.2) is 35.5 Å². The molecular formula is C21H40N2O4. The monoisotopic (exact) mass is 384 g/mol. The first-order valence-corrected chi connectivity index (χ1v) is 9.86. The maximum absolute atomic E-state index is 12.8. The van der Waals surface area contributed by atoms with Crippen LogP contribution in [0.25, 0.3) is 0 Å². The normalized spacial score (nSPS) is 14.7. The molecule has 0 saturated heterocycles. The topological polar surface area (TPSA) is 84.5 Å². The third-order valence-corrected chi connectivity index (χ3v) is 4.05. The van der Waals surface area contributed by atoms with Crippen molar-refractivity contribution in [3.05, 3.63) is 0 Å². The molecule has 0 aliphatic rings. The van der Waals surface area contributed by atoms with Gasteiger partial charge in [0.05, 0.1) is 6.04 Å². The summed E-state index contributed by atoms with van der Waals surface area (Å²) in [5, 5.41) is 5.47. The first-order valence-electron chi connectivity index (χ1n) is 9.86. The van der Waals surface area contributed by atoms with E-state index in [1.807, 2.05) is 27.7 Å². The Morgan fingerprint density at radius 1 is 0.815 bits per heavy atom. The number of hydrogen-bond donors (Lipinski definition) is 2. The molecule has 2 amide bonds. The van der Waals surface area contributed by atoms with Gasteiger partial charge in [-0.25, -0.2) is 4.79 Å². The van der Waals surface area contributed by atoms with Crippen molar-refractivity contribution in [2.45, 2.75) is 99.8 Å². The Labute approximate surface area is 165 Å². The number of ketones is 1. The molecule has 0 radical (unpaired) electrons. The zero-order valence-corrected chi connectivity index (χ0v) is 18.9. The first-order chi connectivity index (χ1) is 12.0. The molecule has 0 heterocycles. The molecule has 0 fully saturated rings. The highest BCUT2D eigenvalue weighted by Gasteiger charge is 2.31. The number of nitrogens with one attached hydrogen (secondary N) is 2. The van der Waals surface area contributed by atoms with Crippen molar-refractivity contribution in [3.8, 4) is 0 Å². The van der Waals surface area contributed by atoms with E-state index >= 15 is 0 Å². The van der Waals surface area contributed by atoms with Crippen LogP contribution in [0.1, 0.15) is 82.1 Å². The van der Waals surface area contributed by atoms with Crippen molar-refractivity contribution in [1.82, 2.24) is 10.6 Å². The Morgan fingerprint density at radius 2 is 1.30 bits per heavy atom. The summed E-state index contributed by atoms with van der Waals surface area (Å²) in [6, 6.07) is -1.34. The van der Waals surface area contributed by atoms with E-state index in [1.165, 1.54) is 0 Å². The van der Waals surface area contributed by atoms with E-state index in [4.69, 9.17) is 4.74 Å². The number of hydrogen-bond acceptors (Lipinski definition) is 4. The van der Waals surface area contributed by atoms with Crippen LogP contribution < -0.4 is 10.6 Å². The Kier molecular flexibility index (Phi) is 9.50. The standard InChI is InChI=1S/C21H40N2O4/c1-13(2)16(15(24)11-12-20(5,6)7)22-18(25)17(14(3)4)23-19(26)27-21(8,9)10/h13-14,16-17H,11-12H2,1-10H3,(H,22,25)(H,23,26). The smallest absolute Gasteiger partial charge is 0.408 e. The quantitative estimate of drug-likeness (QED) is 0.660. The molecule has 0 aromatic rings. The number of carbonyl (C=O) groups is 3. The number of amides is 2. The Morgan fingerprint density at radius 3 is 1.67 bits per heavy atom. The predicted octanol–water partition coefficient (Wildman–Crippen LogP) is 4.07. The molecule has 2 atom stereocenters. The highest BCUT2D eigenvalue weighted by Crippen LogP contribution is 2.22. The van der Waals surface area contributed by atoms with Gasteiger partial charge in [-0.1, -0.05) is 48.5 Å². The van der Waals surface area contributed by atoms with Gasteiger partial charge in [0.15, 0.2) is 5.78 Å². The van der Waals surface area contributed by atoms with Gasteiger partial charge >= 0.3 is 6.09 Å². The molecule has 0 rings (SSSR count). The van der Waals surface area contributed by atoms with Gasteiger partial charge in [-0.15, -0.1) is 0 Å². The van der Waals surface area contributed by atoms with Gasteiger partial charge in [0.2, 0.25) is 5.91 Å². The molecule has 2 N–H and O–H groups in total. The summed E-state index contributed by atoms with van der Waals surface area (Å²) in [4.78, 5) is 37.5. The second kappa shape index (κ2) is 10.1. The summed E-state index contributed by atoms with van der Waals surface area (Å²) in [7, 11) is 0. The second-order valence-electron chi connectivity index (χ2n) is 10.1. The third-order valence-electron chi connectivity index (χ3n) is 4.05. The van der Waals surface area contributed by atoms with E-state index in [2.05, 4.69) is 31.4 Å². The molecule has 0 aromatic carbocycles. The fourth-order valence-electron chi connectivity index (χ4n) is 2.49. The fourth-order valence-corrected chi connectivity index (χ4v) is 2.49. The zero-order valence-electron chi connectivity index (χ0n) is 18.9. The van der Waals surface area contributed by atoms with Crippen LogP contribution in [0.2, 0.25) is 0 Å². The van der Waals surface area contributed by atoms with Gasteiger partial charge in [-0.2, -0.15) is 0 Å². The summed E-state index contributed by atoms with van der Waals surface area (Å²) in [6.45, 7) is 19.0. The Hall–Kier alpha value is -1.59. The van der Waals surface area contributed by atoms with E-state index in [-0.39, 0.29) is 28.9 Å². The number of Topliss-reactive ketones (excluding diaryl/α,β-unsaturated/α-hetero) is 1. The minimum absolute atomic E-state index is 0.0213. The first kappa shape index (κ1) is 25.4. The summed E-state index contributed by atoms with van der Waals surface area (Å²) < 4.78 is 5.25. The molecule has 0 saturated carbocycles. The van der Waals surface area contributed by atoms with Crippen molar-refractivity contribution in [3.63, 3.8) is 0 Å². The van der Waals surface area contributed by atoms with Crippen molar-refractivity contribution < 1.29 is 19.1 Å². The van der Waals surface area contributed by atoms with E-state index in [1.54, 1.807) is 20.8 Å². The van der Waals surface area contributed by atoms with Crippen LogP contribution in [0.15, 0.2) is 0 Å². The lowest BCUT2D eigenvalue weighted by molar-refractivity contribution is -0.130. The maximum Gasteiger partial charge on any atom is 0.408 e. The molecule has 0 aliphatic carbocycles. The van der Waals surface area contributed by atoms with Gasteiger partial charge < -0.3 is 15.4 Å². The molecular weight excluding hydrogens is 344 g/mol. The summed E-state index contributed by atoms with van der Waals surface area (Å²) >= 11 is 0. The van der Waals surface area contributed by atoms with Crippen molar-refractivity contribution >= 4 is 17.8 Å². The Bertz CT molecular complexity index is 513. The van der Waals surface area contributed by atoms with Gasteiger partial charge in [0.1, 0.15) is 11.6 Å². The minimum atomic E-state index is -0.767. The molecule has 0 aromatic heterocycles. The largest absolute Gasteiger partial charge is 0.444 e. The van der Waals surface area contributed by atoms with Crippen molar-refractivity contribution in [1.29, 1.82) is 0 Å². The third kappa shape index (κ3) is 11.0. The molecule has 27 heavy (non-hydrogen) atoms. The lowest BCUT2D eigenvalue weighted by Gasteiger charge is -2.28. The maximum atomic E-state index is 12.8. The van der Waals surface area contributed by atoms with Gasteiger partial charge in [0, 0.05) is 6.42 Å². The SMILES string of the molecule is CC(C)C(NC(=O)C(NC(=O)OC(C)(C)C)C(C)C)C(=O)CCC(C)(C)C. The van der Waals surface area contributed by atoms with Crippen LogP contribution in [0.5, 0.6) is 0 Å². The lowest BCUT2D eigenvalue weighted by Crippen LogP contribution is -2.55. The predicted molar refractivity (Wildman–Crippen MR) is 108 cm³/mol. The highest BCUT2D eigenvalue weighted by atomic mass is 16.6. The second-order valence-corrected chi connectivity index (χ2v) is 10.1. The summed E-state index contributed by atoms with van der Waals surface area (Å²) in [5.74, 6) is -0.516. The number of ether oxygens (including phenoxy) is 1. The van der Waals surface area contributed by atoms with Crippen LogP contribution in [0, 0.1) is 17.3 Å². The van der Waals surface area contributed by atoms with Crippen LogP contribution in [-0.2, 0) is 14.3 Å². The fraction of sp³-hybridized carbons (Fsp3) is 0.857. The molecule has 0 spiro atoms. The Balaban J connectivity index is 5.09. The molecule has 158 valence electrons. The molecule has 2 unspecified atom stereocenters. The van der Waals surface area contributed by atoms with Gasteiger partial charge in [-0.3, -0.25) is 9.59 Å². The minimum Gasteiger partial charge on any atom is -0.444 e. The summed E-state index contributed by atoms with van der Waals surface area (Å²) in [6.07, 6.45) is 0.532. The zero-order chi connectivity index (χ0) is 21.6. The molecule has 6 heteroatoms. The lowest BCUT2D eigenvalue weighted by atomic mass is 9.86. The summed E-state index contributed by atoms with van der Waals surface area (Å²) in [5.41, 5.74) is -0.592. The van der Waals surface area contributed by atoms with Crippen LogP contribution in [0.3, 0.4) is 0 Å². The van der Waals surface area contributed by atoms with E-state index in [0.717, 1.165) is 6.42 Å². The molecule has 0 bridgehead atoms. The van der Waals surface area contributed by atoms with Crippen molar-refractivity contribution in [2.75, 3.05) is 0 Å². The van der Waals surface area contributed by atoms with Crippen LogP contribution >= 0.6 is 0 Å². The van der Waals surface area contributed by atoms with Gasteiger partial charge in [-0.05, 0) is 44.4 Å². The number of alkyl carbamates (subject to hydrolysis) is 1. The van der Waals surface area contributed by atoms with E-state index in [0.29, 0.717) is 6.42 Å². The average molecular weight is 385 g/mol.